The second-order valence-electron chi connectivity index (χ2n) is 5.72. The molecule has 1 N–H and O–H groups in total. The van der Waals surface area contributed by atoms with Crippen molar-refractivity contribution in [1.82, 2.24) is 4.90 Å². The van der Waals surface area contributed by atoms with E-state index >= 15 is 0 Å². The van der Waals surface area contributed by atoms with Gasteiger partial charge in [-0.15, -0.1) is 0 Å². The van der Waals surface area contributed by atoms with E-state index in [0.29, 0.717) is 0 Å². The fraction of sp³-hybridized carbons (Fsp3) is 0.750. The molecule has 3 unspecified atom stereocenters. The highest BCUT2D eigenvalue weighted by Crippen LogP contribution is 2.64. The van der Waals surface area contributed by atoms with E-state index in [-0.39, 0.29) is 35.5 Å². The average Bonchev–Trinajstić information content (AvgIpc) is 2.67. The van der Waals surface area contributed by atoms with Crippen LogP contribution in [0.1, 0.15) is 34.1 Å². The Morgan fingerprint density at radius 3 is 2.06 bits per heavy atom. The molecular weight excluding hydrogens is 222 g/mol. The van der Waals surface area contributed by atoms with E-state index in [1.165, 1.54) is 6.92 Å². The summed E-state index contributed by atoms with van der Waals surface area (Å²) in [6.45, 7) is 6.85. The van der Waals surface area contributed by atoms with E-state index in [2.05, 4.69) is 0 Å². The summed E-state index contributed by atoms with van der Waals surface area (Å²) in [5.41, 5.74) is -1.70. The van der Waals surface area contributed by atoms with Crippen LogP contribution in [-0.2, 0) is 14.4 Å². The first-order valence-corrected chi connectivity index (χ1v) is 5.81. The highest BCUT2D eigenvalue weighted by molar-refractivity contribution is 6.13. The minimum Gasteiger partial charge on any atom is -0.479 e. The maximum Gasteiger partial charge on any atom is 0.329 e. The third-order valence-electron chi connectivity index (χ3n) is 4.44. The second-order valence-corrected chi connectivity index (χ2v) is 5.72. The first-order chi connectivity index (χ1) is 7.69. The Morgan fingerprint density at radius 2 is 1.76 bits per heavy atom. The van der Waals surface area contributed by atoms with Crippen molar-refractivity contribution in [2.45, 2.75) is 39.7 Å². The summed E-state index contributed by atoms with van der Waals surface area (Å²) in [5.74, 6) is -2.41. The zero-order chi connectivity index (χ0) is 13.2. The number of hydrogen-bond donors (Lipinski definition) is 1. The van der Waals surface area contributed by atoms with Crippen LogP contribution in [0.4, 0.5) is 0 Å². The number of imide groups is 1. The summed E-state index contributed by atoms with van der Waals surface area (Å²) in [4.78, 5) is 36.5. The third-order valence-corrected chi connectivity index (χ3v) is 4.44. The molecule has 94 valence electrons. The van der Waals surface area contributed by atoms with Gasteiger partial charge in [-0.2, -0.15) is 0 Å². The molecule has 1 saturated carbocycles. The van der Waals surface area contributed by atoms with Gasteiger partial charge >= 0.3 is 5.97 Å². The minimum atomic E-state index is -1.41. The largest absolute Gasteiger partial charge is 0.479 e. The predicted molar refractivity (Wildman–Crippen MR) is 58.9 cm³/mol. The van der Waals surface area contributed by atoms with Crippen molar-refractivity contribution in [3.05, 3.63) is 0 Å². The first-order valence-electron chi connectivity index (χ1n) is 5.81. The van der Waals surface area contributed by atoms with Crippen LogP contribution in [0.5, 0.6) is 0 Å². The van der Waals surface area contributed by atoms with Crippen LogP contribution in [0.2, 0.25) is 0 Å². The zero-order valence-corrected chi connectivity index (χ0v) is 10.5. The van der Waals surface area contributed by atoms with Crippen LogP contribution in [0.15, 0.2) is 0 Å². The topological polar surface area (TPSA) is 74.7 Å². The quantitative estimate of drug-likeness (QED) is 0.742. The van der Waals surface area contributed by atoms with E-state index in [1.807, 2.05) is 13.8 Å². The maximum atomic E-state index is 12.1. The Morgan fingerprint density at radius 1 is 1.35 bits per heavy atom. The standard InChI is InChI=1S/C12H17NO4/c1-5-12(4,10(16)17)13-8(14)6-7(9(13)15)11(6,2)3/h6-7H,5H2,1-4H3,(H,16,17). The number of fused-ring (bicyclic) bond motifs is 1. The van der Waals surface area contributed by atoms with E-state index < -0.39 is 11.5 Å². The molecule has 0 aromatic carbocycles. The molecule has 2 aliphatic rings. The number of amides is 2. The van der Waals surface area contributed by atoms with Gasteiger partial charge < -0.3 is 5.11 Å². The normalized spacial score (nSPS) is 33.3. The van der Waals surface area contributed by atoms with Gasteiger partial charge in [-0.1, -0.05) is 20.8 Å². The van der Waals surface area contributed by atoms with Crippen molar-refractivity contribution in [3.63, 3.8) is 0 Å². The summed E-state index contributed by atoms with van der Waals surface area (Å²) in [5, 5.41) is 9.21. The molecule has 0 aromatic heterocycles. The van der Waals surface area contributed by atoms with Crippen LogP contribution in [0.25, 0.3) is 0 Å². The smallest absolute Gasteiger partial charge is 0.329 e. The monoisotopic (exact) mass is 239 g/mol. The summed E-state index contributed by atoms with van der Waals surface area (Å²) < 4.78 is 0. The number of hydrogen-bond acceptors (Lipinski definition) is 3. The molecule has 2 fully saturated rings. The highest BCUT2D eigenvalue weighted by atomic mass is 16.4. The van der Waals surface area contributed by atoms with Crippen LogP contribution < -0.4 is 0 Å². The molecule has 0 spiro atoms. The van der Waals surface area contributed by atoms with Crippen LogP contribution in [0, 0.1) is 17.3 Å². The van der Waals surface area contributed by atoms with Crippen LogP contribution in [-0.4, -0.2) is 33.3 Å². The first kappa shape index (κ1) is 12.1. The number of piperidine rings is 1. The molecule has 2 amide bonds. The summed E-state index contributed by atoms with van der Waals surface area (Å²) in [6.07, 6.45) is 0.222. The molecule has 0 bridgehead atoms. The van der Waals surface area contributed by atoms with Gasteiger partial charge in [0.1, 0.15) is 5.54 Å². The molecule has 2 rings (SSSR count). The molecule has 5 heteroatoms. The van der Waals surface area contributed by atoms with Gasteiger partial charge in [-0.25, -0.2) is 4.79 Å². The SMILES string of the molecule is CCC(C)(C(=O)O)N1C(=O)C2C(C1=O)C2(C)C. The van der Waals surface area contributed by atoms with Gasteiger partial charge in [0, 0.05) is 0 Å². The lowest BCUT2D eigenvalue weighted by molar-refractivity contribution is -0.164. The minimum absolute atomic E-state index is 0.222. The maximum absolute atomic E-state index is 12.1. The van der Waals surface area contributed by atoms with Gasteiger partial charge in [0.2, 0.25) is 11.8 Å². The fourth-order valence-electron chi connectivity index (χ4n) is 2.84. The zero-order valence-electron chi connectivity index (χ0n) is 10.5. The predicted octanol–water partition coefficient (Wildman–Crippen LogP) is 0.881. The molecule has 0 aromatic rings. The average molecular weight is 239 g/mol. The van der Waals surface area contributed by atoms with Crippen LogP contribution in [0.3, 0.4) is 0 Å². The van der Waals surface area contributed by atoms with Crippen molar-refractivity contribution in [2.75, 3.05) is 0 Å². The van der Waals surface area contributed by atoms with Crippen molar-refractivity contribution in [2.24, 2.45) is 17.3 Å². The lowest BCUT2D eigenvalue weighted by atomic mass is 9.94. The summed E-state index contributed by atoms with van der Waals surface area (Å²) in [7, 11) is 0. The Hall–Kier alpha value is -1.39. The van der Waals surface area contributed by atoms with E-state index in [4.69, 9.17) is 0 Å². The van der Waals surface area contributed by atoms with E-state index in [9.17, 15) is 19.5 Å². The van der Waals surface area contributed by atoms with Crippen molar-refractivity contribution >= 4 is 17.8 Å². The number of aliphatic carboxylic acids is 1. The number of rotatable bonds is 3. The fourth-order valence-corrected chi connectivity index (χ4v) is 2.84. The molecule has 1 aliphatic heterocycles. The molecule has 3 atom stereocenters. The molecule has 0 radical (unpaired) electrons. The number of nitrogens with zero attached hydrogens (tertiary/aromatic N) is 1. The molecule has 1 heterocycles. The molecule has 1 saturated heterocycles. The second kappa shape index (κ2) is 3.09. The summed E-state index contributed by atoms with van der Waals surface area (Å²) in [6, 6.07) is 0. The highest BCUT2D eigenvalue weighted by Gasteiger charge is 2.74. The van der Waals surface area contributed by atoms with Gasteiger partial charge in [-0.05, 0) is 18.8 Å². The third kappa shape index (κ3) is 1.22. The Balaban J connectivity index is 2.36. The summed E-state index contributed by atoms with van der Waals surface area (Å²) >= 11 is 0. The number of carbonyl (C=O) groups excluding carboxylic acids is 2. The molecule has 5 nitrogen and oxygen atoms in total. The molecule has 1 aliphatic carbocycles. The Labute approximate surface area is 99.8 Å². The lowest BCUT2D eigenvalue weighted by Gasteiger charge is -2.34. The Kier molecular flexibility index (Phi) is 2.19. The number of likely N-dealkylation sites (tertiary alicyclic amines) is 1. The van der Waals surface area contributed by atoms with E-state index in [0.717, 1.165) is 4.90 Å². The van der Waals surface area contributed by atoms with E-state index in [1.54, 1.807) is 6.92 Å². The number of carboxylic acid groups (broad SMARTS) is 1. The van der Waals surface area contributed by atoms with Crippen molar-refractivity contribution < 1.29 is 19.5 Å². The van der Waals surface area contributed by atoms with Crippen molar-refractivity contribution in [1.29, 1.82) is 0 Å². The lowest BCUT2D eigenvalue weighted by Crippen LogP contribution is -2.56. The van der Waals surface area contributed by atoms with Gasteiger partial charge in [0.05, 0.1) is 11.8 Å². The van der Waals surface area contributed by atoms with Crippen molar-refractivity contribution in [3.8, 4) is 0 Å². The number of carbonyl (C=O) groups is 3. The Bertz CT molecular complexity index is 404. The molecular formula is C12H17NO4. The van der Waals surface area contributed by atoms with Crippen LogP contribution >= 0.6 is 0 Å². The van der Waals surface area contributed by atoms with Gasteiger partial charge in [0.25, 0.3) is 0 Å². The number of carboxylic acids is 1. The van der Waals surface area contributed by atoms with Gasteiger partial charge in [0.15, 0.2) is 0 Å². The molecule has 17 heavy (non-hydrogen) atoms. The van der Waals surface area contributed by atoms with Gasteiger partial charge in [-0.3, -0.25) is 14.5 Å².